The number of ether oxygens (including phenoxy) is 1. The van der Waals surface area contributed by atoms with E-state index in [0.29, 0.717) is 13.2 Å². The smallest absolute Gasteiger partial charge is 0.160 e. The van der Waals surface area contributed by atoms with Crippen molar-refractivity contribution in [3.05, 3.63) is 42.1 Å². The molecule has 2 aromatic rings. The highest BCUT2D eigenvalue weighted by Crippen LogP contribution is 2.35. The molecule has 19 heavy (non-hydrogen) atoms. The lowest BCUT2D eigenvalue weighted by Gasteiger charge is -2.23. The molecule has 0 fully saturated rings. The number of hydrogen-bond acceptors (Lipinski definition) is 5. The average Bonchev–Trinajstić information content (AvgIpc) is 2.69. The van der Waals surface area contributed by atoms with Gasteiger partial charge in [-0.05, 0) is 24.6 Å². The van der Waals surface area contributed by atoms with Gasteiger partial charge in [0, 0.05) is 18.7 Å². The summed E-state index contributed by atoms with van der Waals surface area (Å²) < 4.78 is 5.75. The summed E-state index contributed by atoms with van der Waals surface area (Å²) in [5.74, 6) is 1.71. The van der Waals surface area contributed by atoms with Crippen molar-refractivity contribution in [3.8, 4) is 5.75 Å². The molecular formula is C14H16N4O. The van der Waals surface area contributed by atoms with Gasteiger partial charge >= 0.3 is 0 Å². The molecule has 2 heterocycles. The standard InChI is InChI=1S/C14H16N4O/c15-10-11-6-7-16-17-14(11)18-8-3-9-19-13-5-2-1-4-12(13)18/h1-2,4-7H,3,8-10,15H2. The number of nitrogens with zero attached hydrogens (tertiary/aromatic N) is 3. The van der Waals surface area contributed by atoms with Crippen LogP contribution in [0.1, 0.15) is 12.0 Å². The molecule has 5 nitrogen and oxygen atoms in total. The van der Waals surface area contributed by atoms with E-state index in [1.807, 2.05) is 30.3 Å². The van der Waals surface area contributed by atoms with Crippen molar-refractivity contribution in [2.24, 2.45) is 5.73 Å². The van der Waals surface area contributed by atoms with Crippen molar-refractivity contribution >= 4 is 11.5 Å². The van der Waals surface area contributed by atoms with Crippen LogP contribution in [0.2, 0.25) is 0 Å². The van der Waals surface area contributed by atoms with Gasteiger partial charge in [0.2, 0.25) is 0 Å². The number of hydrogen-bond donors (Lipinski definition) is 1. The fraction of sp³-hybridized carbons (Fsp3) is 0.286. The van der Waals surface area contributed by atoms with Gasteiger partial charge in [-0.25, -0.2) is 0 Å². The second kappa shape index (κ2) is 5.24. The molecule has 5 heteroatoms. The maximum Gasteiger partial charge on any atom is 0.160 e. The van der Waals surface area contributed by atoms with E-state index in [-0.39, 0.29) is 0 Å². The molecule has 0 unspecified atom stereocenters. The Labute approximate surface area is 112 Å². The van der Waals surface area contributed by atoms with Crippen LogP contribution in [0.4, 0.5) is 11.5 Å². The van der Waals surface area contributed by atoms with E-state index in [4.69, 9.17) is 10.5 Å². The van der Waals surface area contributed by atoms with Crippen LogP contribution in [0.5, 0.6) is 5.75 Å². The van der Waals surface area contributed by atoms with Gasteiger partial charge in [0.1, 0.15) is 5.75 Å². The fourth-order valence-electron chi connectivity index (χ4n) is 2.28. The first-order valence-corrected chi connectivity index (χ1v) is 6.40. The van der Waals surface area contributed by atoms with Gasteiger partial charge in [-0.1, -0.05) is 12.1 Å². The van der Waals surface area contributed by atoms with Crippen molar-refractivity contribution in [2.45, 2.75) is 13.0 Å². The minimum Gasteiger partial charge on any atom is -0.491 e. The second-order valence-corrected chi connectivity index (χ2v) is 4.41. The highest BCUT2D eigenvalue weighted by Gasteiger charge is 2.20. The summed E-state index contributed by atoms with van der Waals surface area (Å²) in [4.78, 5) is 2.14. The molecule has 3 rings (SSSR count). The Kier molecular flexibility index (Phi) is 3.29. The average molecular weight is 256 g/mol. The lowest BCUT2D eigenvalue weighted by Crippen LogP contribution is -2.21. The summed E-state index contributed by atoms with van der Waals surface area (Å²) in [6.45, 7) is 2.01. The molecular weight excluding hydrogens is 240 g/mol. The Hall–Kier alpha value is -2.14. The number of para-hydroxylation sites is 2. The molecule has 1 aromatic carbocycles. The van der Waals surface area contributed by atoms with Gasteiger partial charge in [-0.3, -0.25) is 0 Å². The number of rotatable bonds is 2. The van der Waals surface area contributed by atoms with Crippen LogP contribution in [0.3, 0.4) is 0 Å². The number of benzene rings is 1. The van der Waals surface area contributed by atoms with E-state index in [0.717, 1.165) is 35.8 Å². The van der Waals surface area contributed by atoms with Gasteiger partial charge in [0.25, 0.3) is 0 Å². The van der Waals surface area contributed by atoms with Gasteiger partial charge in [0.15, 0.2) is 5.82 Å². The first-order chi connectivity index (χ1) is 9.40. The van der Waals surface area contributed by atoms with Crippen LogP contribution in [0.15, 0.2) is 36.5 Å². The molecule has 1 aliphatic heterocycles. The minimum absolute atomic E-state index is 0.449. The summed E-state index contributed by atoms with van der Waals surface area (Å²) in [6, 6.07) is 9.90. The van der Waals surface area contributed by atoms with Crippen LogP contribution >= 0.6 is 0 Å². The number of anilines is 2. The van der Waals surface area contributed by atoms with Crippen LogP contribution in [0.25, 0.3) is 0 Å². The van der Waals surface area contributed by atoms with E-state index >= 15 is 0 Å². The zero-order chi connectivity index (χ0) is 13.1. The summed E-state index contributed by atoms with van der Waals surface area (Å²) in [5, 5.41) is 8.24. The molecule has 2 N–H and O–H groups in total. The third-order valence-corrected chi connectivity index (χ3v) is 3.20. The first-order valence-electron chi connectivity index (χ1n) is 6.40. The molecule has 1 aliphatic rings. The second-order valence-electron chi connectivity index (χ2n) is 4.41. The predicted octanol–water partition coefficient (Wildman–Crippen LogP) is 1.86. The molecule has 0 spiro atoms. The first kappa shape index (κ1) is 11.9. The van der Waals surface area contributed by atoms with Crippen molar-refractivity contribution in [1.82, 2.24) is 10.2 Å². The maximum absolute atomic E-state index is 5.79. The largest absolute Gasteiger partial charge is 0.491 e. The molecule has 98 valence electrons. The Balaban J connectivity index is 2.09. The molecule has 0 radical (unpaired) electrons. The third kappa shape index (κ3) is 2.24. The minimum atomic E-state index is 0.449. The summed E-state index contributed by atoms with van der Waals surface area (Å²) in [5.41, 5.74) is 7.81. The van der Waals surface area contributed by atoms with Gasteiger partial charge in [-0.15, -0.1) is 5.10 Å². The van der Waals surface area contributed by atoms with Crippen molar-refractivity contribution in [3.63, 3.8) is 0 Å². The Morgan fingerprint density at radius 1 is 1.26 bits per heavy atom. The Morgan fingerprint density at radius 3 is 3.05 bits per heavy atom. The number of aromatic nitrogens is 2. The van der Waals surface area contributed by atoms with Crippen molar-refractivity contribution in [2.75, 3.05) is 18.1 Å². The number of fused-ring (bicyclic) bond motifs is 1. The topological polar surface area (TPSA) is 64.3 Å². The molecule has 1 aromatic heterocycles. The zero-order valence-corrected chi connectivity index (χ0v) is 10.6. The zero-order valence-electron chi connectivity index (χ0n) is 10.6. The van der Waals surface area contributed by atoms with E-state index in [1.165, 1.54) is 0 Å². The van der Waals surface area contributed by atoms with E-state index in [1.54, 1.807) is 6.20 Å². The molecule has 0 amide bonds. The highest BCUT2D eigenvalue weighted by atomic mass is 16.5. The maximum atomic E-state index is 5.79. The predicted molar refractivity (Wildman–Crippen MR) is 73.5 cm³/mol. The molecule has 0 atom stereocenters. The summed E-state index contributed by atoms with van der Waals surface area (Å²) >= 11 is 0. The lowest BCUT2D eigenvalue weighted by molar-refractivity contribution is 0.322. The van der Waals surface area contributed by atoms with Crippen LogP contribution in [-0.2, 0) is 6.54 Å². The van der Waals surface area contributed by atoms with Crippen LogP contribution < -0.4 is 15.4 Å². The summed E-state index contributed by atoms with van der Waals surface area (Å²) in [6.07, 6.45) is 2.61. The van der Waals surface area contributed by atoms with E-state index in [9.17, 15) is 0 Å². The quantitative estimate of drug-likeness (QED) is 0.888. The van der Waals surface area contributed by atoms with Gasteiger partial charge in [-0.2, -0.15) is 5.10 Å². The Morgan fingerprint density at radius 2 is 2.16 bits per heavy atom. The molecule has 0 aliphatic carbocycles. The van der Waals surface area contributed by atoms with Crippen molar-refractivity contribution in [1.29, 1.82) is 0 Å². The van der Waals surface area contributed by atoms with Crippen molar-refractivity contribution < 1.29 is 4.74 Å². The SMILES string of the molecule is NCc1ccnnc1N1CCCOc2ccccc21. The monoisotopic (exact) mass is 256 g/mol. The molecule has 0 saturated heterocycles. The third-order valence-electron chi connectivity index (χ3n) is 3.20. The normalized spacial score (nSPS) is 14.5. The fourth-order valence-corrected chi connectivity index (χ4v) is 2.28. The summed E-state index contributed by atoms with van der Waals surface area (Å²) in [7, 11) is 0. The Bertz CT molecular complexity index is 573. The highest BCUT2D eigenvalue weighted by molar-refractivity contribution is 5.69. The van der Waals surface area contributed by atoms with Gasteiger partial charge < -0.3 is 15.4 Å². The van der Waals surface area contributed by atoms with Gasteiger partial charge in [0.05, 0.1) is 18.5 Å². The van der Waals surface area contributed by atoms with E-state index in [2.05, 4.69) is 15.1 Å². The lowest BCUT2D eigenvalue weighted by atomic mass is 10.2. The number of nitrogens with two attached hydrogens (primary N) is 1. The molecule has 0 saturated carbocycles. The van der Waals surface area contributed by atoms with E-state index < -0.39 is 0 Å². The van der Waals surface area contributed by atoms with Crippen LogP contribution in [0, 0.1) is 0 Å². The van der Waals surface area contributed by atoms with Crippen LogP contribution in [-0.4, -0.2) is 23.3 Å². The molecule has 0 bridgehead atoms.